The molecular formula is C16H9F8NO. The maximum absolute atomic E-state index is 13.7. The largest absolute Gasteiger partial charge is 0.422 e. The lowest BCUT2D eigenvalue weighted by Gasteiger charge is -2.14. The van der Waals surface area contributed by atoms with Gasteiger partial charge in [-0.05, 0) is 18.6 Å². The third kappa shape index (κ3) is 3.78. The van der Waals surface area contributed by atoms with E-state index in [9.17, 15) is 39.9 Å². The molecule has 10 heteroatoms. The lowest BCUT2D eigenvalue weighted by molar-refractivity contribution is -0.143. The zero-order chi connectivity index (χ0) is 19.8. The van der Waals surface area contributed by atoms with Crippen LogP contribution in [0.5, 0.6) is 0 Å². The Kier molecular flexibility index (Phi) is 5.24. The van der Waals surface area contributed by atoms with Crippen molar-refractivity contribution in [1.82, 2.24) is 0 Å². The number of anilines is 1. The van der Waals surface area contributed by atoms with Gasteiger partial charge in [0.15, 0.2) is 23.3 Å². The third-order valence-electron chi connectivity index (χ3n) is 3.36. The summed E-state index contributed by atoms with van der Waals surface area (Å²) in [6, 6.07) is 3.66. The molecule has 0 fully saturated rings. The zero-order valence-corrected chi connectivity index (χ0v) is 12.9. The van der Waals surface area contributed by atoms with Gasteiger partial charge in [0.2, 0.25) is 5.91 Å². The van der Waals surface area contributed by atoms with Crippen LogP contribution in [-0.2, 0) is 17.4 Å². The van der Waals surface area contributed by atoms with Crippen molar-refractivity contribution in [3.05, 3.63) is 64.0 Å². The quantitative estimate of drug-likeness (QED) is 0.594. The number of carbonyl (C=O) groups excluding carboxylic acids is 1. The highest BCUT2D eigenvalue weighted by atomic mass is 19.4. The second-order valence-electron chi connectivity index (χ2n) is 5.32. The number of carbonyl (C=O) groups is 1. The predicted octanol–water partition coefficient (Wildman–Crippen LogP) is 4.89. The van der Waals surface area contributed by atoms with E-state index >= 15 is 0 Å². The molecule has 0 heterocycles. The molecular weight excluding hydrogens is 374 g/mol. The van der Waals surface area contributed by atoms with Crippen LogP contribution in [-0.4, -0.2) is 5.91 Å². The molecule has 2 aromatic rings. The minimum atomic E-state index is -5.69. The normalized spacial score (nSPS) is 11.6. The van der Waals surface area contributed by atoms with Crippen LogP contribution in [0, 0.1) is 36.0 Å². The molecule has 0 unspecified atom stereocenters. The van der Waals surface area contributed by atoms with E-state index in [0.29, 0.717) is 5.56 Å². The Morgan fingerprint density at radius 2 is 1.50 bits per heavy atom. The van der Waals surface area contributed by atoms with Gasteiger partial charge in [-0.1, -0.05) is 17.7 Å². The number of aryl methyl sites for hydroxylation is 1. The fourth-order valence-electron chi connectivity index (χ4n) is 2.19. The highest BCUT2D eigenvalue weighted by Gasteiger charge is 2.42. The van der Waals surface area contributed by atoms with Crippen molar-refractivity contribution >= 4 is 11.6 Å². The van der Waals surface area contributed by atoms with Gasteiger partial charge in [-0.3, -0.25) is 4.79 Å². The highest BCUT2D eigenvalue weighted by Crippen LogP contribution is 2.38. The summed E-state index contributed by atoms with van der Waals surface area (Å²) < 4.78 is 105. The summed E-state index contributed by atoms with van der Waals surface area (Å²) in [5.74, 6) is -12.4. The van der Waals surface area contributed by atoms with E-state index in [-0.39, 0.29) is 5.56 Å². The highest BCUT2D eigenvalue weighted by molar-refractivity contribution is 5.92. The molecule has 0 saturated heterocycles. The molecule has 0 aliphatic heterocycles. The summed E-state index contributed by atoms with van der Waals surface area (Å²) in [4.78, 5) is 11.8. The van der Waals surface area contributed by atoms with E-state index in [2.05, 4.69) is 0 Å². The van der Waals surface area contributed by atoms with Gasteiger partial charge in [-0.2, -0.15) is 13.2 Å². The predicted molar refractivity (Wildman–Crippen MR) is 74.7 cm³/mol. The van der Waals surface area contributed by atoms with Crippen LogP contribution in [0.4, 0.5) is 40.8 Å². The number of halogens is 8. The van der Waals surface area contributed by atoms with Gasteiger partial charge < -0.3 is 5.32 Å². The van der Waals surface area contributed by atoms with Gasteiger partial charge in [-0.25, -0.2) is 22.0 Å². The number of rotatable bonds is 3. The van der Waals surface area contributed by atoms with Gasteiger partial charge in [0.1, 0.15) is 17.1 Å². The van der Waals surface area contributed by atoms with Crippen molar-refractivity contribution in [2.75, 3.05) is 5.32 Å². The Hall–Kier alpha value is -2.65. The van der Waals surface area contributed by atoms with Crippen LogP contribution < -0.4 is 5.32 Å². The molecule has 0 atom stereocenters. The van der Waals surface area contributed by atoms with Crippen molar-refractivity contribution in [3.63, 3.8) is 0 Å². The molecule has 0 aliphatic carbocycles. The summed E-state index contributed by atoms with van der Waals surface area (Å²) in [7, 11) is 0. The number of amides is 1. The third-order valence-corrected chi connectivity index (χ3v) is 3.36. The lowest BCUT2D eigenvalue weighted by Crippen LogP contribution is -2.21. The Labute approximate surface area is 141 Å². The minimum Gasteiger partial charge on any atom is -0.321 e. The summed E-state index contributed by atoms with van der Waals surface area (Å²) in [5.41, 5.74) is -4.12. The maximum Gasteiger partial charge on any atom is 0.422 e. The Morgan fingerprint density at radius 1 is 0.962 bits per heavy atom. The van der Waals surface area contributed by atoms with Gasteiger partial charge in [0.05, 0.1) is 6.42 Å². The van der Waals surface area contributed by atoms with Gasteiger partial charge in [-0.15, -0.1) is 0 Å². The van der Waals surface area contributed by atoms with Crippen molar-refractivity contribution in [3.8, 4) is 0 Å². The van der Waals surface area contributed by atoms with E-state index in [1.54, 1.807) is 6.92 Å². The van der Waals surface area contributed by atoms with Crippen LogP contribution in [0.25, 0.3) is 0 Å². The Balaban J connectivity index is 2.38. The SMILES string of the molecule is Cc1ccc(F)c(CC(=O)Nc2c(F)c(F)c(C(F)(F)F)c(F)c2F)c1. The molecule has 0 radical (unpaired) electrons. The number of hydrogen-bond acceptors (Lipinski definition) is 1. The fraction of sp³-hybridized carbons (Fsp3) is 0.188. The summed E-state index contributed by atoms with van der Waals surface area (Å²) in [6.07, 6.45) is -6.46. The van der Waals surface area contributed by atoms with Gasteiger partial charge >= 0.3 is 6.18 Å². The van der Waals surface area contributed by atoms with Crippen LogP contribution in [0.1, 0.15) is 16.7 Å². The van der Waals surface area contributed by atoms with Crippen LogP contribution in [0.2, 0.25) is 0 Å². The van der Waals surface area contributed by atoms with Gasteiger partial charge in [0.25, 0.3) is 0 Å². The molecule has 0 spiro atoms. The van der Waals surface area contributed by atoms with Crippen molar-refractivity contribution < 1.29 is 39.9 Å². The molecule has 0 saturated carbocycles. The van der Waals surface area contributed by atoms with Crippen molar-refractivity contribution in [2.45, 2.75) is 19.5 Å². The first-order valence-corrected chi connectivity index (χ1v) is 6.91. The first-order valence-electron chi connectivity index (χ1n) is 6.91. The average Bonchev–Trinajstić information content (AvgIpc) is 2.52. The van der Waals surface area contributed by atoms with Crippen LogP contribution in [0.15, 0.2) is 18.2 Å². The number of alkyl halides is 3. The number of nitrogens with one attached hydrogen (secondary N) is 1. The van der Waals surface area contributed by atoms with Crippen molar-refractivity contribution in [2.24, 2.45) is 0 Å². The molecule has 1 N–H and O–H groups in total. The molecule has 2 nitrogen and oxygen atoms in total. The molecule has 2 aromatic carbocycles. The first-order chi connectivity index (χ1) is 11.9. The molecule has 0 aliphatic rings. The maximum atomic E-state index is 13.7. The lowest BCUT2D eigenvalue weighted by atomic mass is 10.1. The molecule has 26 heavy (non-hydrogen) atoms. The topological polar surface area (TPSA) is 29.1 Å². The Bertz CT molecular complexity index is 847. The smallest absolute Gasteiger partial charge is 0.321 e. The monoisotopic (exact) mass is 383 g/mol. The summed E-state index contributed by atoms with van der Waals surface area (Å²) >= 11 is 0. The second kappa shape index (κ2) is 6.93. The second-order valence-corrected chi connectivity index (χ2v) is 5.32. The van der Waals surface area contributed by atoms with Crippen molar-refractivity contribution in [1.29, 1.82) is 0 Å². The Morgan fingerprint density at radius 3 is 2.00 bits per heavy atom. The fourth-order valence-corrected chi connectivity index (χ4v) is 2.19. The summed E-state index contributed by atoms with van der Waals surface area (Å²) in [5, 5.41) is 1.43. The number of benzene rings is 2. The molecule has 2 rings (SSSR count). The average molecular weight is 383 g/mol. The van der Waals surface area contributed by atoms with E-state index < -0.39 is 58.8 Å². The first kappa shape index (κ1) is 19.7. The van der Waals surface area contributed by atoms with E-state index in [1.165, 1.54) is 17.4 Å². The van der Waals surface area contributed by atoms with Gasteiger partial charge in [0, 0.05) is 0 Å². The van der Waals surface area contributed by atoms with Crippen LogP contribution in [0.3, 0.4) is 0 Å². The standard InChI is InChI=1S/C16H9F8NO/c1-6-2-3-8(17)7(4-6)5-9(26)25-15-13(20)11(18)10(16(22,23)24)12(19)14(15)21/h2-4H,5H2,1H3,(H,25,26). The molecule has 0 aromatic heterocycles. The number of hydrogen-bond donors (Lipinski definition) is 1. The molecule has 140 valence electrons. The molecule has 0 bridgehead atoms. The van der Waals surface area contributed by atoms with E-state index in [4.69, 9.17) is 0 Å². The van der Waals surface area contributed by atoms with E-state index in [0.717, 1.165) is 6.07 Å². The molecule has 1 amide bonds. The summed E-state index contributed by atoms with van der Waals surface area (Å²) in [6.45, 7) is 1.57. The minimum absolute atomic E-state index is 0.184. The zero-order valence-electron chi connectivity index (χ0n) is 12.9. The van der Waals surface area contributed by atoms with E-state index in [1.807, 2.05) is 0 Å². The van der Waals surface area contributed by atoms with Crippen LogP contribution >= 0.6 is 0 Å².